The second-order valence-electron chi connectivity index (χ2n) is 9.42. The van der Waals surface area contributed by atoms with Gasteiger partial charge in [0, 0.05) is 31.4 Å². The lowest BCUT2D eigenvalue weighted by atomic mass is 10.1. The predicted molar refractivity (Wildman–Crippen MR) is 162 cm³/mol. The largest absolute Gasteiger partial charge is 0.395 e. The van der Waals surface area contributed by atoms with Gasteiger partial charge in [-0.2, -0.15) is 0 Å². The van der Waals surface area contributed by atoms with Gasteiger partial charge in [0.2, 0.25) is 5.95 Å². The lowest BCUT2D eigenvalue weighted by Crippen LogP contribution is -2.29. The Bertz CT molecular complexity index is 1680. The molecular weight excluding hydrogens is 610 g/mol. The third-order valence-electron chi connectivity index (χ3n) is 6.53. The van der Waals surface area contributed by atoms with Crippen molar-refractivity contribution in [3.63, 3.8) is 0 Å². The first-order valence-electron chi connectivity index (χ1n) is 12.9. The van der Waals surface area contributed by atoms with Crippen LogP contribution in [-0.2, 0) is 10.0 Å². The average Bonchev–Trinajstić information content (AvgIpc) is 3.41. The number of thiazole rings is 1. The normalized spacial score (nSPS) is 13.8. The first kappa shape index (κ1) is 29.5. The van der Waals surface area contributed by atoms with Gasteiger partial charge in [0.15, 0.2) is 10.9 Å². The molecular formula is C27H27Cl2FN6O3S2. The molecule has 3 N–H and O–H groups in total. The number of nitrogens with one attached hydrogen (secondary N) is 2. The van der Waals surface area contributed by atoms with Crippen LogP contribution < -0.4 is 14.9 Å². The third kappa shape index (κ3) is 6.26. The Morgan fingerprint density at radius 1 is 1.10 bits per heavy atom. The van der Waals surface area contributed by atoms with E-state index in [1.807, 2.05) is 0 Å². The van der Waals surface area contributed by atoms with Gasteiger partial charge in [-0.15, -0.1) is 0 Å². The molecule has 4 aromatic rings. The van der Waals surface area contributed by atoms with Gasteiger partial charge in [0.05, 0.1) is 38.6 Å². The zero-order chi connectivity index (χ0) is 29.1. The van der Waals surface area contributed by atoms with Gasteiger partial charge >= 0.3 is 0 Å². The van der Waals surface area contributed by atoms with Gasteiger partial charge in [-0.05, 0) is 56.0 Å². The molecule has 1 aliphatic heterocycles. The second-order valence-corrected chi connectivity index (χ2v) is 12.8. The van der Waals surface area contributed by atoms with Crippen LogP contribution in [0.4, 0.5) is 21.2 Å². The molecule has 2 aromatic carbocycles. The van der Waals surface area contributed by atoms with Crippen molar-refractivity contribution in [1.29, 1.82) is 0 Å². The summed E-state index contributed by atoms with van der Waals surface area (Å²) in [6.45, 7) is 3.50. The number of benzene rings is 2. The van der Waals surface area contributed by atoms with Crippen LogP contribution in [0.5, 0.6) is 0 Å². The van der Waals surface area contributed by atoms with Gasteiger partial charge in [-0.3, -0.25) is 4.72 Å². The number of hydrogen-bond donors (Lipinski definition) is 3. The molecule has 0 amide bonds. The number of aliphatic hydroxyl groups is 1. The molecule has 1 aliphatic rings. The molecule has 0 radical (unpaired) electrons. The molecule has 1 fully saturated rings. The van der Waals surface area contributed by atoms with Gasteiger partial charge in [-0.1, -0.05) is 46.7 Å². The van der Waals surface area contributed by atoms with Crippen molar-refractivity contribution in [3.05, 3.63) is 64.0 Å². The fraction of sp³-hybridized carbons (Fsp3) is 0.296. The van der Waals surface area contributed by atoms with E-state index in [0.29, 0.717) is 27.8 Å². The number of aryl methyl sites for hydroxylation is 1. The van der Waals surface area contributed by atoms with E-state index >= 15 is 4.39 Å². The summed E-state index contributed by atoms with van der Waals surface area (Å²) < 4.78 is 45.1. The van der Waals surface area contributed by atoms with E-state index < -0.39 is 15.8 Å². The van der Waals surface area contributed by atoms with Crippen molar-refractivity contribution in [2.24, 2.45) is 0 Å². The molecule has 0 saturated carbocycles. The van der Waals surface area contributed by atoms with Crippen LogP contribution in [0.3, 0.4) is 0 Å². The standard InChI is InChI=1S/C27H27Cl2FN6O3S2/c1-16-8-9-18(28)25(21(16)29)41(38,39)35-19-7-5-6-17(22(19)30)23-24(20-10-11-31-26(33-20)32-12-15-37)40-27(34-23)36-13-3-2-4-14-36/h5-11,35,37H,2-4,12-15H2,1H3,(H,31,32,33). The third-order valence-corrected chi connectivity index (χ3v) is 10.1. The Morgan fingerprint density at radius 3 is 2.63 bits per heavy atom. The number of hydrogen-bond acceptors (Lipinski definition) is 9. The molecule has 5 rings (SSSR count). The van der Waals surface area contributed by atoms with Crippen LogP contribution in [-0.4, -0.2) is 54.7 Å². The summed E-state index contributed by atoms with van der Waals surface area (Å²) in [4.78, 5) is 16.0. The summed E-state index contributed by atoms with van der Waals surface area (Å²) in [5, 5.41) is 12.7. The number of nitrogens with zero attached hydrogens (tertiary/aromatic N) is 4. The van der Waals surface area contributed by atoms with E-state index in [9.17, 15) is 13.5 Å². The van der Waals surface area contributed by atoms with Crippen LogP contribution in [0.25, 0.3) is 21.8 Å². The highest BCUT2D eigenvalue weighted by Crippen LogP contribution is 2.42. The Balaban J connectivity index is 1.59. The molecule has 0 spiro atoms. The quantitative estimate of drug-likeness (QED) is 0.198. The molecule has 1 saturated heterocycles. The Labute approximate surface area is 251 Å². The Hall–Kier alpha value is -3.03. The van der Waals surface area contributed by atoms with Crippen LogP contribution in [0.15, 0.2) is 47.5 Å². The molecule has 0 atom stereocenters. The van der Waals surface area contributed by atoms with E-state index in [1.165, 1.54) is 23.5 Å². The fourth-order valence-electron chi connectivity index (χ4n) is 4.49. The van der Waals surface area contributed by atoms with Crippen LogP contribution >= 0.6 is 34.5 Å². The predicted octanol–water partition coefficient (Wildman–Crippen LogP) is 6.22. The summed E-state index contributed by atoms with van der Waals surface area (Å²) in [7, 11) is -4.34. The number of rotatable bonds is 9. The van der Waals surface area contributed by atoms with Crippen LogP contribution in [0.1, 0.15) is 24.8 Å². The van der Waals surface area contributed by atoms with E-state index in [4.69, 9.17) is 28.2 Å². The molecule has 216 valence electrons. The van der Waals surface area contributed by atoms with Gasteiger partial charge < -0.3 is 15.3 Å². The molecule has 0 unspecified atom stereocenters. The number of halogens is 3. The van der Waals surface area contributed by atoms with Crippen LogP contribution in [0.2, 0.25) is 10.0 Å². The summed E-state index contributed by atoms with van der Waals surface area (Å²) in [5.41, 5.74) is 1.18. The molecule has 14 heteroatoms. The molecule has 0 aliphatic carbocycles. The SMILES string of the molecule is Cc1ccc(Cl)c(S(=O)(=O)Nc2cccc(-c3nc(N4CCCCC4)sc3-c3ccnc(NCCO)n3)c2F)c1Cl. The molecule has 2 aromatic heterocycles. The van der Waals surface area contributed by atoms with E-state index in [2.05, 4.69) is 24.9 Å². The summed E-state index contributed by atoms with van der Waals surface area (Å²) in [6, 6.07) is 9.16. The number of piperidine rings is 1. The summed E-state index contributed by atoms with van der Waals surface area (Å²) in [5.74, 6) is -0.496. The van der Waals surface area contributed by atoms with E-state index in [0.717, 1.165) is 37.5 Å². The van der Waals surface area contributed by atoms with E-state index in [-0.39, 0.29) is 39.3 Å². The molecule has 3 heterocycles. The van der Waals surface area contributed by atoms with Crippen LogP contribution in [0, 0.1) is 12.7 Å². The Morgan fingerprint density at radius 2 is 1.88 bits per heavy atom. The van der Waals surface area contributed by atoms with E-state index in [1.54, 1.807) is 37.4 Å². The molecule has 0 bridgehead atoms. The van der Waals surface area contributed by atoms with Crippen molar-refractivity contribution >= 4 is 61.3 Å². The minimum atomic E-state index is -4.34. The van der Waals surface area contributed by atoms with Crippen molar-refractivity contribution in [3.8, 4) is 21.8 Å². The van der Waals surface area contributed by atoms with Gasteiger partial charge in [-0.25, -0.2) is 27.8 Å². The first-order chi connectivity index (χ1) is 19.7. The molecule has 9 nitrogen and oxygen atoms in total. The summed E-state index contributed by atoms with van der Waals surface area (Å²) in [6.07, 6.45) is 4.77. The first-order valence-corrected chi connectivity index (χ1v) is 16.0. The minimum Gasteiger partial charge on any atom is -0.395 e. The maximum Gasteiger partial charge on any atom is 0.264 e. The number of aromatic nitrogens is 3. The van der Waals surface area contributed by atoms with Gasteiger partial charge in [0.1, 0.15) is 4.90 Å². The van der Waals surface area contributed by atoms with Crippen molar-refractivity contribution < 1.29 is 17.9 Å². The highest BCUT2D eigenvalue weighted by molar-refractivity contribution is 7.93. The van der Waals surface area contributed by atoms with Crippen molar-refractivity contribution in [2.75, 3.05) is 41.2 Å². The number of anilines is 3. The Kier molecular flexibility index (Phi) is 8.95. The fourth-order valence-corrected chi connectivity index (χ4v) is 7.84. The highest BCUT2D eigenvalue weighted by Gasteiger charge is 2.27. The monoisotopic (exact) mass is 636 g/mol. The van der Waals surface area contributed by atoms with Gasteiger partial charge in [0.25, 0.3) is 10.0 Å². The smallest absolute Gasteiger partial charge is 0.264 e. The number of aliphatic hydroxyl groups excluding tert-OH is 1. The molecule has 41 heavy (non-hydrogen) atoms. The van der Waals surface area contributed by atoms with Crippen molar-refractivity contribution in [1.82, 2.24) is 15.0 Å². The topological polar surface area (TPSA) is 120 Å². The zero-order valence-electron chi connectivity index (χ0n) is 22.0. The second kappa shape index (κ2) is 12.5. The number of sulfonamides is 1. The highest BCUT2D eigenvalue weighted by atomic mass is 35.5. The average molecular weight is 638 g/mol. The lowest BCUT2D eigenvalue weighted by Gasteiger charge is -2.25. The zero-order valence-corrected chi connectivity index (χ0v) is 25.1. The maximum absolute atomic E-state index is 16.2. The lowest BCUT2D eigenvalue weighted by molar-refractivity contribution is 0.311. The summed E-state index contributed by atoms with van der Waals surface area (Å²) >= 11 is 13.9. The van der Waals surface area contributed by atoms with Crippen molar-refractivity contribution in [2.45, 2.75) is 31.1 Å². The minimum absolute atomic E-state index is 0.0381. The maximum atomic E-state index is 16.2.